The molecule has 0 aliphatic heterocycles. The number of hydrogen-bond acceptors (Lipinski definition) is 2. The molecule has 0 fully saturated rings. The third-order valence-corrected chi connectivity index (χ3v) is 2.06. The second-order valence-electron chi connectivity index (χ2n) is 2.61. The third-order valence-electron chi connectivity index (χ3n) is 1.73. The van der Waals surface area contributed by atoms with Crippen LogP contribution in [0.25, 0.3) is 0 Å². The van der Waals surface area contributed by atoms with Crippen molar-refractivity contribution in [2.75, 3.05) is 13.1 Å². The lowest BCUT2D eigenvalue weighted by atomic mass is 10.3. The van der Waals surface area contributed by atoms with Gasteiger partial charge in [0, 0.05) is 5.37 Å². The van der Waals surface area contributed by atoms with Crippen LogP contribution in [0.1, 0.15) is 33.6 Å². The number of rotatable bonds is 5. The van der Waals surface area contributed by atoms with Crippen LogP contribution in [0.15, 0.2) is 0 Å². The Hall–Kier alpha value is 0.310. The van der Waals surface area contributed by atoms with Crippen LogP contribution in [0.5, 0.6) is 0 Å². The summed E-state index contributed by atoms with van der Waals surface area (Å²) in [6, 6.07) is 0. The Morgan fingerprint density at radius 2 is 2.00 bits per heavy atom. The molecule has 0 saturated heterocycles. The van der Waals surface area contributed by atoms with Crippen molar-refractivity contribution in [3.05, 3.63) is 0 Å². The normalized spacial score (nSPS) is 14.1. The molecule has 1 nitrogen and oxygen atoms in total. The molecule has 0 N–H and O–H groups in total. The van der Waals surface area contributed by atoms with E-state index in [1.807, 2.05) is 0 Å². The molecule has 0 bridgehead atoms. The van der Waals surface area contributed by atoms with Crippen LogP contribution in [0.3, 0.4) is 0 Å². The molecule has 0 aliphatic rings. The fourth-order valence-electron chi connectivity index (χ4n) is 0.970. The van der Waals surface area contributed by atoms with E-state index >= 15 is 0 Å². The molecule has 62 valence electrons. The third kappa shape index (κ3) is 4.18. The molecular weight excluding hydrogens is 142 g/mol. The van der Waals surface area contributed by atoms with Gasteiger partial charge in [-0.05, 0) is 26.4 Å². The lowest BCUT2D eigenvalue weighted by Gasteiger charge is -2.23. The van der Waals surface area contributed by atoms with Crippen molar-refractivity contribution in [1.29, 1.82) is 0 Å². The van der Waals surface area contributed by atoms with Crippen molar-refractivity contribution in [3.8, 4) is 0 Å². The quantitative estimate of drug-likeness (QED) is 0.478. The second kappa shape index (κ2) is 6.05. The maximum absolute atomic E-state index is 4.37. The predicted octanol–water partition coefficient (Wildman–Crippen LogP) is 2.38. The molecule has 0 saturated carbocycles. The summed E-state index contributed by atoms with van der Waals surface area (Å²) in [5, 5.41) is 0.413. The molecule has 0 heterocycles. The monoisotopic (exact) mass is 161 g/mol. The van der Waals surface area contributed by atoms with Crippen LogP contribution < -0.4 is 0 Å². The Balaban J connectivity index is 3.40. The zero-order valence-electron chi connectivity index (χ0n) is 7.30. The molecule has 2 heteroatoms. The molecule has 0 aromatic carbocycles. The number of unbranched alkanes of at least 4 members (excludes halogenated alkanes) is 1. The molecule has 0 aromatic rings. The van der Waals surface area contributed by atoms with E-state index in [4.69, 9.17) is 0 Å². The summed E-state index contributed by atoms with van der Waals surface area (Å²) >= 11 is 4.37. The van der Waals surface area contributed by atoms with Gasteiger partial charge in [-0.3, -0.25) is 4.90 Å². The van der Waals surface area contributed by atoms with Gasteiger partial charge < -0.3 is 0 Å². The van der Waals surface area contributed by atoms with E-state index in [0.29, 0.717) is 5.37 Å². The van der Waals surface area contributed by atoms with Crippen molar-refractivity contribution in [2.45, 2.75) is 39.0 Å². The minimum Gasteiger partial charge on any atom is -0.292 e. The van der Waals surface area contributed by atoms with Crippen LogP contribution in [-0.4, -0.2) is 23.4 Å². The largest absolute Gasteiger partial charge is 0.292 e. The molecule has 0 rings (SSSR count). The molecule has 0 radical (unpaired) electrons. The van der Waals surface area contributed by atoms with E-state index < -0.39 is 0 Å². The van der Waals surface area contributed by atoms with E-state index in [2.05, 4.69) is 38.3 Å². The van der Waals surface area contributed by atoms with E-state index in [1.54, 1.807) is 0 Å². The molecule has 1 atom stereocenters. The van der Waals surface area contributed by atoms with Gasteiger partial charge in [0.2, 0.25) is 0 Å². The summed E-state index contributed by atoms with van der Waals surface area (Å²) in [5.41, 5.74) is 0. The van der Waals surface area contributed by atoms with Crippen LogP contribution >= 0.6 is 12.6 Å². The lowest BCUT2D eigenvalue weighted by Crippen LogP contribution is -2.29. The van der Waals surface area contributed by atoms with Gasteiger partial charge in [0.25, 0.3) is 0 Å². The van der Waals surface area contributed by atoms with Crippen molar-refractivity contribution in [2.24, 2.45) is 0 Å². The lowest BCUT2D eigenvalue weighted by molar-refractivity contribution is 0.278. The van der Waals surface area contributed by atoms with Gasteiger partial charge in [-0.15, -0.1) is 0 Å². The zero-order chi connectivity index (χ0) is 7.98. The first kappa shape index (κ1) is 10.3. The molecule has 0 aromatic heterocycles. The van der Waals surface area contributed by atoms with Gasteiger partial charge in [0.1, 0.15) is 0 Å². The first-order valence-corrected chi connectivity index (χ1v) is 4.66. The Kier molecular flexibility index (Phi) is 6.24. The maximum Gasteiger partial charge on any atom is 0.0499 e. The first-order chi connectivity index (χ1) is 4.72. The molecule has 0 amide bonds. The summed E-state index contributed by atoms with van der Waals surface area (Å²) in [6.45, 7) is 8.84. The van der Waals surface area contributed by atoms with Crippen LogP contribution in [0.2, 0.25) is 0 Å². The second-order valence-corrected chi connectivity index (χ2v) is 3.36. The smallest absolute Gasteiger partial charge is 0.0499 e. The molecular formula is C8H19NS. The summed E-state index contributed by atoms with van der Waals surface area (Å²) in [7, 11) is 0. The van der Waals surface area contributed by atoms with Gasteiger partial charge in [-0.1, -0.05) is 20.3 Å². The molecule has 0 aliphatic carbocycles. The molecule has 0 spiro atoms. The Labute approximate surface area is 70.2 Å². The van der Waals surface area contributed by atoms with Crippen LogP contribution in [0, 0.1) is 0 Å². The highest BCUT2D eigenvalue weighted by molar-refractivity contribution is 7.80. The summed E-state index contributed by atoms with van der Waals surface area (Å²) < 4.78 is 0. The highest BCUT2D eigenvalue weighted by atomic mass is 32.1. The van der Waals surface area contributed by atoms with Crippen molar-refractivity contribution < 1.29 is 0 Å². The van der Waals surface area contributed by atoms with Crippen LogP contribution in [-0.2, 0) is 0 Å². The Morgan fingerprint density at radius 1 is 1.40 bits per heavy atom. The average Bonchev–Trinajstić information content (AvgIpc) is 1.89. The van der Waals surface area contributed by atoms with E-state index in [0.717, 1.165) is 6.54 Å². The van der Waals surface area contributed by atoms with Crippen LogP contribution in [0.4, 0.5) is 0 Å². The number of thiol groups is 1. The van der Waals surface area contributed by atoms with Gasteiger partial charge in [0.05, 0.1) is 0 Å². The minimum absolute atomic E-state index is 0.413. The zero-order valence-corrected chi connectivity index (χ0v) is 8.19. The summed E-state index contributed by atoms with van der Waals surface area (Å²) in [6.07, 6.45) is 2.57. The topological polar surface area (TPSA) is 3.24 Å². The highest BCUT2D eigenvalue weighted by Crippen LogP contribution is 2.03. The van der Waals surface area contributed by atoms with Crippen molar-refractivity contribution >= 4 is 12.6 Å². The Bertz CT molecular complexity index is 73.7. The van der Waals surface area contributed by atoms with Crippen molar-refractivity contribution in [1.82, 2.24) is 4.90 Å². The SMILES string of the molecule is CCCCN(CC)C(C)S. The fourth-order valence-corrected chi connectivity index (χ4v) is 1.25. The van der Waals surface area contributed by atoms with Gasteiger partial charge >= 0.3 is 0 Å². The molecule has 10 heavy (non-hydrogen) atoms. The maximum atomic E-state index is 4.37. The number of hydrogen-bond donors (Lipinski definition) is 1. The van der Waals surface area contributed by atoms with E-state index in [9.17, 15) is 0 Å². The van der Waals surface area contributed by atoms with E-state index in [1.165, 1.54) is 19.4 Å². The Morgan fingerprint density at radius 3 is 2.30 bits per heavy atom. The van der Waals surface area contributed by atoms with Crippen molar-refractivity contribution in [3.63, 3.8) is 0 Å². The van der Waals surface area contributed by atoms with E-state index in [-0.39, 0.29) is 0 Å². The fraction of sp³-hybridized carbons (Fsp3) is 1.00. The summed E-state index contributed by atoms with van der Waals surface area (Å²) in [5.74, 6) is 0. The predicted molar refractivity (Wildman–Crippen MR) is 50.6 cm³/mol. The molecule has 1 unspecified atom stereocenters. The minimum atomic E-state index is 0.413. The number of nitrogens with zero attached hydrogens (tertiary/aromatic N) is 1. The van der Waals surface area contributed by atoms with Gasteiger partial charge in [-0.2, -0.15) is 12.6 Å². The average molecular weight is 161 g/mol. The highest BCUT2D eigenvalue weighted by Gasteiger charge is 2.04. The standard InChI is InChI=1S/C8H19NS/c1-4-6-7-9(5-2)8(3)10/h8,10H,4-7H2,1-3H3. The van der Waals surface area contributed by atoms with Gasteiger partial charge in [-0.25, -0.2) is 0 Å². The summed E-state index contributed by atoms with van der Waals surface area (Å²) in [4.78, 5) is 2.37. The first-order valence-electron chi connectivity index (χ1n) is 4.14. The van der Waals surface area contributed by atoms with Gasteiger partial charge in [0.15, 0.2) is 0 Å².